The largest absolute Gasteiger partial charge is 0.379 e. The lowest BCUT2D eigenvalue weighted by atomic mass is 10.3. The van der Waals surface area contributed by atoms with Crippen LogP contribution in [0.25, 0.3) is 0 Å². The van der Waals surface area contributed by atoms with Crippen LogP contribution in [0.15, 0.2) is 0 Å². The summed E-state index contributed by atoms with van der Waals surface area (Å²) in [5, 5.41) is 0. The van der Waals surface area contributed by atoms with Crippen molar-refractivity contribution < 1.29 is 9.57 Å². The molecule has 2 atom stereocenters. The topological polar surface area (TPSA) is 44.5 Å². The van der Waals surface area contributed by atoms with Gasteiger partial charge in [0.1, 0.15) is 6.10 Å². The Morgan fingerprint density at radius 2 is 2.00 bits per heavy atom. The number of hydrogen-bond acceptors (Lipinski definition) is 3. The second-order valence-electron chi connectivity index (χ2n) is 2.38. The molecule has 9 heavy (non-hydrogen) atoms. The van der Waals surface area contributed by atoms with Crippen LogP contribution in [0.2, 0.25) is 0 Å². The van der Waals surface area contributed by atoms with Gasteiger partial charge in [0.15, 0.2) is 0 Å². The smallest absolute Gasteiger partial charge is 0.105 e. The molecule has 0 aliphatic heterocycles. The number of rotatable bonds is 2. The maximum atomic E-state index is 5.11. The number of ether oxygens (including phenoxy) is 1. The number of methoxy groups -OCH3 is 1. The Hall–Kier alpha value is -0.120. The van der Waals surface area contributed by atoms with E-state index < -0.39 is 0 Å². The molecule has 1 aliphatic carbocycles. The minimum absolute atomic E-state index is 0.134. The maximum Gasteiger partial charge on any atom is 0.105 e. The molecule has 1 aliphatic rings. The highest BCUT2D eigenvalue weighted by Crippen LogP contribution is 2.22. The van der Waals surface area contributed by atoms with E-state index in [0.29, 0.717) is 0 Å². The van der Waals surface area contributed by atoms with Crippen LogP contribution in [0.5, 0.6) is 0 Å². The van der Waals surface area contributed by atoms with Gasteiger partial charge in [0.05, 0.1) is 6.10 Å². The van der Waals surface area contributed by atoms with Gasteiger partial charge in [0.25, 0.3) is 0 Å². The van der Waals surface area contributed by atoms with Crippen molar-refractivity contribution in [2.75, 3.05) is 7.11 Å². The summed E-state index contributed by atoms with van der Waals surface area (Å²) in [6, 6.07) is 0. The van der Waals surface area contributed by atoms with Gasteiger partial charge in [-0.25, -0.2) is 5.90 Å². The molecule has 0 radical (unpaired) electrons. The first-order valence-electron chi connectivity index (χ1n) is 3.27. The third-order valence-electron chi connectivity index (χ3n) is 1.87. The van der Waals surface area contributed by atoms with E-state index in [1.54, 1.807) is 7.11 Å². The first kappa shape index (κ1) is 6.99. The van der Waals surface area contributed by atoms with Crippen molar-refractivity contribution >= 4 is 0 Å². The summed E-state index contributed by atoms with van der Waals surface area (Å²) in [7, 11) is 1.70. The minimum atomic E-state index is 0.134. The Balaban J connectivity index is 2.32. The van der Waals surface area contributed by atoms with Crippen LogP contribution in [0.4, 0.5) is 0 Å². The molecule has 1 fully saturated rings. The van der Waals surface area contributed by atoms with Gasteiger partial charge >= 0.3 is 0 Å². The van der Waals surface area contributed by atoms with E-state index in [4.69, 9.17) is 10.6 Å². The molecule has 0 heterocycles. The Labute approximate surface area is 55.1 Å². The molecular formula is C6H13NO2. The molecule has 2 unspecified atom stereocenters. The molecule has 0 amide bonds. The third kappa shape index (κ3) is 1.41. The molecule has 3 nitrogen and oxygen atoms in total. The van der Waals surface area contributed by atoms with E-state index in [9.17, 15) is 0 Å². The lowest BCUT2D eigenvalue weighted by Gasteiger charge is -2.14. The highest BCUT2D eigenvalue weighted by Gasteiger charge is 2.26. The van der Waals surface area contributed by atoms with Gasteiger partial charge in [-0.15, -0.1) is 0 Å². The predicted octanol–water partition coefficient (Wildman–Crippen LogP) is 0.444. The molecule has 2 N–H and O–H groups in total. The number of hydrogen-bond donors (Lipinski definition) is 1. The third-order valence-corrected chi connectivity index (χ3v) is 1.87. The Morgan fingerprint density at radius 1 is 1.33 bits per heavy atom. The van der Waals surface area contributed by atoms with Gasteiger partial charge in [0.2, 0.25) is 0 Å². The first-order valence-corrected chi connectivity index (χ1v) is 3.27. The summed E-state index contributed by atoms with van der Waals surface area (Å²) < 4.78 is 5.11. The van der Waals surface area contributed by atoms with Crippen molar-refractivity contribution in [1.82, 2.24) is 0 Å². The zero-order valence-corrected chi connectivity index (χ0v) is 5.67. The van der Waals surface area contributed by atoms with Crippen LogP contribution in [0.1, 0.15) is 19.3 Å². The first-order chi connectivity index (χ1) is 4.38. The van der Waals surface area contributed by atoms with E-state index in [1.165, 1.54) is 6.42 Å². The fraction of sp³-hybridized carbons (Fsp3) is 1.00. The van der Waals surface area contributed by atoms with E-state index in [-0.39, 0.29) is 12.2 Å². The normalized spacial score (nSPS) is 35.3. The maximum absolute atomic E-state index is 5.11. The zero-order valence-electron chi connectivity index (χ0n) is 5.67. The van der Waals surface area contributed by atoms with Gasteiger partial charge in [0, 0.05) is 7.11 Å². The molecule has 0 bridgehead atoms. The molecule has 0 aromatic rings. The summed E-state index contributed by atoms with van der Waals surface area (Å²) in [4.78, 5) is 4.69. The summed E-state index contributed by atoms with van der Waals surface area (Å²) in [5.74, 6) is 5.02. The number of nitrogens with two attached hydrogens (primary N) is 1. The van der Waals surface area contributed by atoms with Crippen molar-refractivity contribution in [1.29, 1.82) is 0 Å². The molecule has 0 aromatic carbocycles. The zero-order chi connectivity index (χ0) is 6.69. The molecule has 54 valence electrons. The lowest BCUT2D eigenvalue weighted by Crippen LogP contribution is -2.27. The van der Waals surface area contributed by atoms with Crippen LogP contribution in [-0.4, -0.2) is 19.3 Å². The van der Waals surface area contributed by atoms with Crippen LogP contribution >= 0.6 is 0 Å². The van der Waals surface area contributed by atoms with Gasteiger partial charge in [-0.2, -0.15) is 0 Å². The van der Waals surface area contributed by atoms with Crippen molar-refractivity contribution in [3.05, 3.63) is 0 Å². The highest BCUT2D eigenvalue weighted by molar-refractivity contribution is 4.77. The van der Waals surface area contributed by atoms with Crippen molar-refractivity contribution in [3.63, 3.8) is 0 Å². The van der Waals surface area contributed by atoms with Gasteiger partial charge < -0.3 is 4.74 Å². The van der Waals surface area contributed by atoms with E-state index >= 15 is 0 Å². The quantitative estimate of drug-likeness (QED) is 0.553. The van der Waals surface area contributed by atoms with Gasteiger partial charge in [-0.05, 0) is 19.3 Å². The summed E-state index contributed by atoms with van der Waals surface area (Å²) in [6.45, 7) is 0. The Bertz CT molecular complexity index is 77.1. The summed E-state index contributed by atoms with van der Waals surface area (Å²) in [5.41, 5.74) is 0. The van der Waals surface area contributed by atoms with Crippen LogP contribution in [-0.2, 0) is 9.57 Å². The minimum Gasteiger partial charge on any atom is -0.379 e. The van der Waals surface area contributed by atoms with Crippen LogP contribution in [0, 0.1) is 0 Å². The lowest BCUT2D eigenvalue weighted by molar-refractivity contribution is -0.0395. The molecule has 0 saturated heterocycles. The summed E-state index contributed by atoms with van der Waals surface area (Å²) >= 11 is 0. The predicted molar refractivity (Wildman–Crippen MR) is 33.7 cm³/mol. The Morgan fingerprint density at radius 3 is 2.44 bits per heavy atom. The Kier molecular flexibility index (Phi) is 2.45. The SMILES string of the molecule is COC1CCCC1ON. The molecular weight excluding hydrogens is 118 g/mol. The summed E-state index contributed by atoms with van der Waals surface area (Å²) in [6.07, 6.45) is 3.65. The fourth-order valence-electron chi connectivity index (χ4n) is 1.32. The van der Waals surface area contributed by atoms with E-state index in [1.807, 2.05) is 0 Å². The average Bonchev–Trinajstić information content (AvgIpc) is 2.33. The van der Waals surface area contributed by atoms with Crippen molar-refractivity contribution in [2.45, 2.75) is 31.5 Å². The highest BCUT2D eigenvalue weighted by atomic mass is 16.6. The van der Waals surface area contributed by atoms with Gasteiger partial charge in [-0.1, -0.05) is 0 Å². The standard InChI is InChI=1S/C6H13NO2/c1-8-5-3-2-4-6(5)9-7/h5-6H,2-4,7H2,1H3. The van der Waals surface area contributed by atoms with Crippen LogP contribution < -0.4 is 5.90 Å². The van der Waals surface area contributed by atoms with Crippen molar-refractivity contribution in [3.8, 4) is 0 Å². The fourth-order valence-corrected chi connectivity index (χ4v) is 1.32. The molecule has 0 aromatic heterocycles. The molecule has 1 saturated carbocycles. The molecule has 0 spiro atoms. The molecule has 3 heteroatoms. The van der Waals surface area contributed by atoms with E-state index in [0.717, 1.165) is 12.8 Å². The average molecular weight is 131 g/mol. The second kappa shape index (κ2) is 3.15. The monoisotopic (exact) mass is 131 g/mol. The van der Waals surface area contributed by atoms with Crippen LogP contribution in [0.3, 0.4) is 0 Å². The van der Waals surface area contributed by atoms with Crippen molar-refractivity contribution in [2.24, 2.45) is 5.90 Å². The van der Waals surface area contributed by atoms with E-state index in [2.05, 4.69) is 4.84 Å². The van der Waals surface area contributed by atoms with Gasteiger partial charge in [-0.3, -0.25) is 4.84 Å². The molecule has 1 rings (SSSR count). The second-order valence-corrected chi connectivity index (χ2v) is 2.38.